The highest BCUT2D eigenvalue weighted by molar-refractivity contribution is 7.98. The van der Waals surface area contributed by atoms with E-state index in [0.717, 1.165) is 22.3 Å². The molecule has 0 saturated heterocycles. The summed E-state index contributed by atoms with van der Waals surface area (Å²) in [4.78, 5) is 4.38. The molecule has 4 rings (SSSR count). The van der Waals surface area contributed by atoms with E-state index >= 15 is 0 Å². The van der Waals surface area contributed by atoms with Gasteiger partial charge in [-0.1, -0.05) is 30.0 Å². The van der Waals surface area contributed by atoms with Crippen LogP contribution in [0.5, 0.6) is 0 Å². The number of halogens is 1. The lowest BCUT2D eigenvalue weighted by molar-refractivity contribution is 0.626. The highest BCUT2D eigenvalue weighted by Crippen LogP contribution is 2.24. The van der Waals surface area contributed by atoms with Gasteiger partial charge in [0.05, 0.1) is 11.4 Å². The molecule has 2 heterocycles. The highest BCUT2D eigenvalue weighted by atomic mass is 32.2. The number of nitrogens with zero attached hydrogens (tertiary/aromatic N) is 4. The largest absolute Gasteiger partial charge is 0.295 e. The van der Waals surface area contributed by atoms with Gasteiger partial charge in [-0.25, -0.2) is 14.1 Å². The average molecular weight is 350 g/mol. The zero-order valence-electron chi connectivity index (χ0n) is 13.3. The third-order valence-corrected chi connectivity index (χ3v) is 4.80. The Kier molecular flexibility index (Phi) is 4.35. The van der Waals surface area contributed by atoms with Crippen LogP contribution in [0.4, 0.5) is 4.39 Å². The third kappa shape index (κ3) is 3.49. The summed E-state index contributed by atoms with van der Waals surface area (Å²) < 4.78 is 17.2. The van der Waals surface area contributed by atoms with Gasteiger partial charge in [0, 0.05) is 30.5 Å². The molecular formula is C19H15FN4S. The molecule has 0 saturated carbocycles. The number of imidazole rings is 1. The summed E-state index contributed by atoms with van der Waals surface area (Å²) in [5.41, 5.74) is 2.99. The van der Waals surface area contributed by atoms with Crippen LogP contribution in [0.3, 0.4) is 0 Å². The molecule has 6 heteroatoms. The van der Waals surface area contributed by atoms with Gasteiger partial charge in [0.1, 0.15) is 5.82 Å². The fourth-order valence-corrected chi connectivity index (χ4v) is 3.46. The Morgan fingerprint density at radius 3 is 2.56 bits per heavy atom. The van der Waals surface area contributed by atoms with E-state index in [4.69, 9.17) is 0 Å². The first-order valence-electron chi connectivity index (χ1n) is 7.81. The van der Waals surface area contributed by atoms with Crippen LogP contribution >= 0.6 is 11.8 Å². The zero-order valence-corrected chi connectivity index (χ0v) is 14.1. The van der Waals surface area contributed by atoms with Crippen molar-refractivity contribution < 1.29 is 4.39 Å². The zero-order chi connectivity index (χ0) is 17.1. The number of hydrogen-bond acceptors (Lipinski definition) is 3. The Bertz CT molecular complexity index is 961. The Balaban J connectivity index is 1.48. The minimum Gasteiger partial charge on any atom is -0.295 e. The SMILES string of the molecule is Fc1cccc(-n2ccnc2SCc2ccc(-n3cccn3)cc2)c1. The van der Waals surface area contributed by atoms with E-state index in [0.29, 0.717) is 0 Å². The highest BCUT2D eigenvalue weighted by Gasteiger charge is 2.07. The molecule has 4 aromatic rings. The second-order valence-electron chi connectivity index (χ2n) is 5.47. The molecule has 0 bridgehead atoms. The molecule has 0 atom stereocenters. The molecule has 25 heavy (non-hydrogen) atoms. The van der Waals surface area contributed by atoms with Crippen LogP contribution in [0.2, 0.25) is 0 Å². The summed E-state index contributed by atoms with van der Waals surface area (Å²) in [6, 6.07) is 16.7. The van der Waals surface area contributed by atoms with E-state index in [-0.39, 0.29) is 5.82 Å². The van der Waals surface area contributed by atoms with Crippen molar-refractivity contribution in [2.75, 3.05) is 0 Å². The van der Waals surface area contributed by atoms with Crippen LogP contribution in [-0.4, -0.2) is 19.3 Å². The van der Waals surface area contributed by atoms with Crippen molar-refractivity contribution in [2.24, 2.45) is 0 Å². The van der Waals surface area contributed by atoms with E-state index in [1.54, 1.807) is 30.2 Å². The summed E-state index contributed by atoms with van der Waals surface area (Å²) in [6.07, 6.45) is 7.25. The second kappa shape index (κ2) is 6.94. The molecule has 0 N–H and O–H groups in total. The molecule has 0 aliphatic rings. The Hall–Kier alpha value is -2.86. The maximum Gasteiger partial charge on any atom is 0.172 e. The lowest BCUT2D eigenvalue weighted by atomic mass is 10.2. The fourth-order valence-electron chi connectivity index (χ4n) is 2.53. The van der Waals surface area contributed by atoms with Crippen LogP contribution in [0, 0.1) is 5.82 Å². The summed E-state index contributed by atoms with van der Waals surface area (Å²) in [6.45, 7) is 0. The summed E-state index contributed by atoms with van der Waals surface area (Å²) >= 11 is 1.62. The minimum atomic E-state index is -0.253. The van der Waals surface area contributed by atoms with E-state index in [9.17, 15) is 4.39 Å². The standard InChI is InChI=1S/C19H15FN4S/c20-16-3-1-4-18(13-16)23-12-10-21-19(23)25-14-15-5-7-17(8-6-15)24-11-2-9-22-24/h1-13H,14H2. The average Bonchev–Trinajstić information content (AvgIpc) is 3.32. The molecule has 0 aliphatic heterocycles. The molecule has 0 spiro atoms. The molecule has 124 valence electrons. The smallest absolute Gasteiger partial charge is 0.172 e. The van der Waals surface area contributed by atoms with Crippen molar-refractivity contribution in [3.8, 4) is 11.4 Å². The molecule has 0 unspecified atom stereocenters. The normalized spacial score (nSPS) is 10.9. The first-order chi connectivity index (χ1) is 12.3. The Morgan fingerprint density at radius 1 is 0.920 bits per heavy atom. The number of hydrogen-bond donors (Lipinski definition) is 0. The topological polar surface area (TPSA) is 35.6 Å². The van der Waals surface area contributed by atoms with Crippen LogP contribution < -0.4 is 0 Å². The Morgan fingerprint density at radius 2 is 1.80 bits per heavy atom. The Labute approximate surface area is 149 Å². The monoisotopic (exact) mass is 350 g/mol. The maximum absolute atomic E-state index is 13.4. The van der Waals surface area contributed by atoms with Crippen LogP contribution in [0.25, 0.3) is 11.4 Å². The molecule has 4 nitrogen and oxygen atoms in total. The van der Waals surface area contributed by atoms with Gasteiger partial charge in [0.15, 0.2) is 5.16 Å². The second-order valence-corrected chi connectivity index (χ2v) is 6.41. The van der Waals surface area contributed by atoms with E-state index in [1.807, 2.05) is 45.9 Å². The van der Waals surface area contributed by atoms with Gasteiger partial charge in [-0.15, -0.1) is 0 Å². The van der Waals surface area contributed by atoms with Crippen molar-refractivity contribution in [1.82, 2.24) is 19.3 Å². The van der Waals surface area contributed by atoms with E-state index in [1.165, 1.54) is 17.7 Å². The molecule has 0 fully saturated rings. The first kappa shape index (κ1) is 15.7. The van der Waals surface area contributed by atoms with Crippen LogP contribution in [0.15, 0.2) is 84.5 Å². The van der Waals surface area contributed by atoms with Gasteiger partial charge in [0.2, 0.25) is 0 Å². The predicted molar refractivity (Wildman–Crippen MR) is 96.6 cm³/mol. The van der Waals surface area contributed by atoms with E-state index in [2.05, 4.69) is 22.2 Å². The van der Waals surface area contributed by atoms with Crippen LogP contribution in [0.1, 0.15) is 5.56 Å². The molecular weight excluding hydrogens is 335 g/mol. The molecule has 2 aromatic heterocycles. The molecule has 0 aliphatic carbocycles. The molecule has 0 radical (unpaired) electrons. The van der Waals surface area contributed by atoms with E-state index < -0.39 is 0 Å². The van der Waals surface area contributed by atoms with Crippen molar-refractivity contribution >= 4 is 11.8 Å². The van der Waals surface area contributed by atoms with Crippen molar-refractivity contribution in [2.45, 2.75) is 10.9 Å². The molecule has 0 amide bonds. The van der Waals surface area contributed by atoms with Gasteiger partial charge >= 0.3 is 0 Å². The van der Waals surface area contributed by atoms with Crippen molar-refractivity contribution in [1.29, 1.82) is 0 Å². The summed E-state index contributed by atoms with van der Waals surface area (Å²) in [5, 5.41) is 5.06. The number of rotatable bonds is 5. The van der Waals surface area contributed by atoms with Gasteiger partial charge in [-0.3, -0.25) is 4.57 Å². The lowest BCUT2D eigenvalue weighted by Crippen LogP contribution is -1.96. The minimum absolute atomic E-state index is 0.253. The van der Waals surface area contributed by atoms with Gasteiger partial charge in [-0.2, -0.15) is 5.10 Å². The number of benzene rings is 2. The fraction of sp³-hybridized carbons (Fsp3) is 0.0526. The van der Waals surface area contributed by atoms with Crippen LogP contribution in [-0.2, 0) is 5.75 Å². The summed E-state index contributed by atoms with van der Waals surface area (Å²) in [7, 11) is 0. The lowest BCUT2D eigenvalue weighted by Gasteiger charge is -2.08. The van der Waals surface area contributed by atoms with Crippen molar-refractivity contribution in [3.05, 3.63) is 90.8 Å². The van der Waals surface area contributed by atoms with Gasteiger partial charge in [0.25, 0.3) is 0 Å². The van der Waals surface area contributed by atoms with Crippen molar-refractivity contribution in [3.63, 3.8) is 0 Å². The first-order valence-corrected chi connectivity index (χ1v) is 8.79. The quantitative estimate of drug-likeness (QED) is 0.498. The van der Waals surface area contributed by atoms with Gasteiger partial charge in [-0.05, 0) is 42.0 Å². The summed E-state index contributed by atoms with van der Waals surface area (Å²) in [5.74, 6) is 0.530. The third-order valence-electron chi connectivity index (χ3n) is 3.77. The maximum atomic E-state index is 13.4. The number of aromatic nitrogens is 4. The number of thioether (sulfide) groups is 1. The predicted octanol–water partition coefficient (Wildman–Crippen LogP) is 4.49. The molecule has 2 aromatic carbocycles. The van der Waals surface area contributed by atoms with Gasteiger partial charge < -0.3 is 0 Å².